The van der Waals surface area contributed by atoms with Gasteiger partial charge in [0.05, 0.1) is 35.7 Å². The van der Waals surface area contributed by atoms with Crippen LogP contribution in [0.4, 0.5) is 4.39 Å². The number of rotatable bonds is 11. The van der Waals surface area contributed by atoms with Crippen LogP contribution in [0.1, 0.15) is 79.0 Å². The molecule has 4 aromatic rings. The number of carbonyl (C=O) groups excluding carboxylic acids is 1. The number of nitrogens with one attached hydrogen (secondary N) is 1. The van der Waals surface area contributed by atoms with E-state index < -0.39 is 16.5 Å². The minimum absolute atomic E-state index is 0.0254. The second kappa shape index (κ2) is 15.4. The largest absolute Gasteiger partial charge is 0.495 e. The highest BCUT2D eigenvalue weighted by Gasteiger charge is 2.30. The Morgan fingerprint density at radius 3 is 2.41 bits per heavy atom. The monoisotopic (exact) mass is 686 g/mol. The number of alkyl halides is 1. The van der Waals surface area contributed by atoms with Crippen molar-refractivity contribution >= 4 is 26.6 Å². The lowest BCUT2D eigenvalue weighted by Crippen LogP contribution is -2.46. The van der Waals surface area contributed by atoms with Crippen molar-refractivity contribution in [2.24, 2.45) is 0 Å². The van der Waals surface area contributed by atoms with Gasteiger partial charge in [-0.25, -0.2) is 17.8 Å². The molecule has 2 fully saturated rings. The Hall–Kier alpha value is -3.86. The number of sulfone groups is 1. The van der Waals surface area contributed by atoms with E-state index in [1.165, 1.54) is 26.4 Å². The average Bonchev–Trinajstić information content (AvgIpc) is 3.14. The second-order valence-electron chi connectivity index (χ2n) is 13.3. The highest BCUT2D eigenvalue weighted by atomic mass is 32.2. The number of ether oxygens (including phenoxy) is 1. The number of hydrogen-bond donors (Lipinski definition) is 1. The number of methoxy groups -OCH3 is 1. The topological polar surface area (TPSA) is 91.8 Å². The van der Waals surface area contributed by atoms with Gasteiger partial charge in [-0.15, -0.1) is 0 Å². The predicted molar refractivity (Wildman–Crippen MR) is 192 cm³/mol. The molecule has 3 aromatic carbocycles. The van der Waals surface area contributed by atoms with E-state index in [2.05, 4.69) is 15.1 Å². The van der Waals surface area contributed by atoms with Gasteiger partial charge in [0.1, 0.15) is 17.3 Å². The zero-order chi connectivity index (χ0) is 34.5. The Morgan fingerprint density at radius 2 is 1.73 bits per heavy atom. The summed E-state index contributed by atoms with van der Waals surface area (Å²) in [5, 5.41) is 3.64. The maximum atomic E-state index is 14.7. The maximum Gasteiger partial charge on any atom is 0.252 e. The third-order valence-corrected chi connectivity index (χ3v) is 11.9. The van der Waals surface area contributed by atoms with E-state index in [1.807, 2.05) is 43.3 Å². The van der Waals surface area contributed by atoms with Gasteiger partial charge < -0.3 is 15.0 Å². The number of likely N-dealkylation sites (tertiary alicyclic amines) is 2. The molecule has 0 radical (unpaired) electrons. The number of nitrogens with zero attached hydrogens (tertiary/aromatic N) is 3. The number of benzene rings is 3. The summed E-state index contributed by atoms with van der Waals surface area (Å²) in [7, 11) is -2.28. The number of piperidine rings is 2. The summed E-state index contributed by atoms with van der Waals surface area (Å²) in [6.45, 7) is 7.38. The standard InChI is InChI=1S/C39H47FN4O4S/c1-4-49(46,47)36-23-32-34(24-35(36)48-3)42-38(30-15-11-12-28(22-30)25-40)33(37(32)39(45)41-27(2)29-13-7-5-8-14-29)26-43-20-16-31(17-21-43)44-18-9-6-10-19-44/h5,7-8,11-15,22-24,27,31H,4,6,9-10,16-21,25-26H2,1-3H3,(H,41,45)/t27-/m0/s1. The molecule has 260 valence electrons. The van der Waals surface area contributed by atoms with Crippen LogP contribution in [0.25, 0.3) is 22.2 Å². The van der Waals surface area contributed by atoms with Crippen LogP contribution in [-0.4, -0.2) is 74.2 Å². The van der Waals surface area contributed by atoms with Gasteiger partial charge in [-0.05, 0) is 82.0 Å². The van der Waals surface area contributed by atoms with Crippen LogP contribution in [-0.2, 0) is 23.1 Å². The normalized spacial score (nSPS) is 17.2. The minimum Gasteiger partial charge on any atom is -0.495 e. The molecule has 10 heteroatoms. The van der Waals surface area contributed by atoms with Crippen molar-refractivity contribution in [1.82, 2.24) is 20.1 Å². The minimum atomic E-state index is -3.71. The zero-order valence-electron chi connectivity index (χ0n) is 28.8. The first-order chi connectivity index (χ1) is 23.7. The Balaban J connectivity index is 1.51. The summed E-state index contributed by atoms with van der Waals surface area (Å²) in [5.41, 5.74) is 4.24. The van der Waals surface area contributed by atoms with Crippen LogP contribution in [0.2, 0.25) is 0 Å². The average molecular weight is 687 g/mol. The molecule has 0 saturated carbocycles. The fourth-order valence-corrected chi connectivity index (χ4v) is 8.42. The predicted octanol–water partition coefficient (Wildman–Crippen LogP) is 7.11. The summed E-state index contributed by atoms with van der Waals surface area (Å²) >= 11 is 0. The highest BCUT2D eigenvalue weighted by Crippen LogP contribution is 2.37. The summed E-state index contributed by atoms with van der Waals surface area (Å²) in [5.74, 6) is -0.279. The van der Waals surface area contributed by atoms with Gasteiger partial charge in [0, 0.05) is 35.2 Å². The van der Waals surface area contributed by atoms with E-state index in [9.17, 15) is 17.6 Å². The summed E-state index contributed by atoms with van der Waals surface area (Å²) in [6, 6.07) is 20.3. The van der Waals surface area contributed by atoms with Crippen LogP contribution in [0, 0.1) is 0 Å². The SMILES string of the molecule is CCS(=O)(=O)c1cc2c(C(=O)N[C@@H](C)c3ccccc3)c(CN3CCC(N4CCCCC4)CC3)c(-c3cccc(CF)c3)nc2cc1OC. The molecule has 1 atom stereocenters. The number of fused-ring (bicyclic) bond motifs is 1. The highest BCUT2D eigenvalue weighted by molar-refractivity contribution is 7.91. The number of hydrogen-bond acceptors (Lipinski definition) is 7. The Kier molecular flexibility index (Phi) is 11.0. The van der Waals surface area contributed by atoms with E-state index in [0.29, 0.717) is 51.4 Å². The molecule has 1 N–H and O–H groups in total. The van der Waals surface area contributed by atoms with Crippen molar-refractivity contribution < 1.29 is 22.3 Å². The van der Waals surface area contributed by atoms with Crippen LogP contribution < -0.4 is 10.1 Å². The lowest BCUT2D eigenvalue weighted by atomic mass is 9.93. The summed E-state index contributed by atoms with van der Waals surface area (Å²) in [6.07, 6.45) is 5.89. The smallest absolute Gasteiger partial charge is 0.252 e. The van der Waals surface area contributed by atoms with Gasteiger partial charge in [0.25, 0.3) is 5.91 Å². The molecule has 1 aromatic heterocycles. The lowest BCUT2D eigenvalue weighted by molar-refractivity contribution is 0.0883. The molecule has 8 nitrogen and oxygen atoms in total. The molecule has 6 rings (SSSR count). The van der Waals surface area contributed by atoms with E-state index in [4.69, 9.17) is 9.72 Å². The Labute approximate surface area is 289 Å². The molecular weight excluding hydrogens is 640 g/mol. The fourth-order valence-electron chi connectivity index (χ4n) is 7.37. The van der Waals surface area contributed by atoms with Crippen LogP contribution in [0.3, 0.4) is 0 Å². The van der Waals surface area contributed by atoms with Crippen molar-refractivity contribution in [3.63, 3.8) is 0 Å². The van der Waals surface area contributed by atoms with Crippen molar-refractivity contribution in [2.75, 3.05) is 39.0 Å². The van der Waals surface area contributed by atoms with Crippen LogP contribution in [0.5, 0.6) is 5.75 Å². The Bertz CT molecular complexity index is 1890. The van der Waals surface area contributed by atoms with Gasteiger partial charge in [0.15, 0.2) is 9.84 Å². The van der Waals surface area contributed by atoms with Gasteiger partial charge >= 0.3 is 0 Å². The number of aromatic nitrogens is 1. The molecule has 0 unspecified atom stereocenters. The first kappa shape index (κ1) is 35.0. The van der Waals surface area contributed by atoms with E-state index in [-0.39, 0.29) is 28.3 Å². The molecule has 3 heterocycles. The third-order valence-electron chi connectivity index (χ3n) is 10.2. The molecule has 2 aliphatic rings. The van der Waals surface area contributed by atoms with Crippen LogP contribution in [0.15, 0.2) is 71.6 Å². The van der Waals surface area contributed by atoms with Crippen molar-refractivity contribution in [2.45, 2.75) is 76.2 Å². The molecule has 0 aliphatic carbocycles. The number of pyridine rings is 1. The molecule has 2 saturated heterocycles. The zero-order valence-corrected chi connectivity index (χ0v) is 29.6. The maximum absolute atomic E-state index is 14.7. The van der Waals surface area contributed by atoms with E-state index in [1.54, 1.807) is 37.3 Å². The third kappa shape index (κ3) is 7.66. The first-order valence-electron chi connectivity index (χ1n) is 17.5. The molecule has 0 spiro atoms. The summed E-state index contributed by atoms with van der Waals surface area (Å²) < 4.78 is 46.2. The Morgan fingerprint density at radius 1 is 1.00 bits per heavy atom. The van der Waals surface area contributed by atoms with E-state index >= 15 is 0 Å². The lowest BCUT2D eigenvalue weighted by Gasteiger charge is -2.40. The quantitative estimate of drug-likeness (QED) is 0.180. The summed E-state index contributed by atoms with van der Waals surface area (Å²) in [4.78, 5) is 24.8. The number of carbonyl (C=O) groups is 1. The first-order valence-corrected chi connectivity index (χ1v) is 19.1. The molecule has 0 bridgehead atoms. The van der Waals surface area contributed by atoms with Crippen molar-refractivity contribution in [3.05, 3.63) is 89.0 Å². The van der Waals surface area contributed by atoms with Gasteiger partial charge in [-0.3, -0.25) is 9.69 Å². The number of halogens is 1. The number of amides is 1. The molecular formula is C39H47FN4O4S. The second-order valence-corrected chi connectivity index (χ2v) is 15.5. The molecule has 1 amide bonds. The van der Waals surface area contributed by atoms with Gasteiger partial charge in [0.2, 0.25) is 0 Å². The van der Waals surface area contributed by atoms with E-state index in [0.717, 1.165) is 44.6 Å². The van der Waals surface area contributed by atoms with Gasteiger partial charge in [-0.1, -0.05) is 61.9 Å². The van der Waals surface area contributed by atoms with Crippen molar-refractivity contribution in [1.29, 1.82) is 0 Å². The fraction of sp³-hybridized carbons (Fsp3) is 0.436. The molecule has 49 heavy (non-hydrogen) atoms. The van der Waals surface area contributed by atoms with Crippen LogP contribution >= 0.6 is 0 Å². The van der Waals surface area contributed by atoms with Gasteiger partial charge in [-0.2, -0.15) is 0 Å². The molecule has 2 aliphatic heterocycles. The van der Waals surface area contributed by atoms with Crippen molar-refractivity contribution in [3.8, 4) is 17.0 Å².